The van der Waals surface area contributed by atoms with Gasteiger partial charge in [0.15, 0.2) is 0 Å². The van der Waals surface area contributed by atoms with Gasteiger partial charge in [0.2, 0.25) is 0 Å². The predicted octanol–water partition coefficient (Wildman–Crippen LogP) is 2.45. The number of para-hydroxylation sites is 1. The van der Waals surface area contributed by atoms with Gasteiger partial charge < -0.3 is 9.64 Å². The Bertz CT molecular complexity index is 683. The molecule has 108 valence electrons. The molecule has 5 heteroatoms. The quantitative estimate of drug-likeness (QED) is 0.812. The summed E-state index contributed by atoms with van der Waals surface area (Å²) < 4.78 is 4.74. The molecule has 0 saturated heterocycles. The van der Waals surface area contributed by atoms with Gasteiger partial charge in [0.25, 0.3) is 5.91 Å². The van der Waals surface area contributed by atoms with Gasteiger partial charge in [0, 0.05) is 12.7 Å². The van der Waals surface area contributed by atoms with Crippen LogP contribution < -0.4 is 4.90 Å². The Morgan fingerprint density at radius 3 is 2.48 bits per heavy atom. The van der Waals surface area contributed by atoms with Gasteiger partial charge in [-0.2, -0.15) is 0 Å². The molecule has 2 rings (SSSR count). The van der Waals surface area contributed by atoms with Crippen LogP contribution in [0.3, 0.4) is 0 Å². The number of aryl methyl sites for hydroxylation is 1. The Labute approximate surface area is 123 Å². The van der Waals surface area contributed by atoms with Gasteiger partial charge >= 0.3 is 5.97 Å². The van der Waals surface area contributed by atoms with Gasteiger partial charge in [-0.3, -0.25) is 4.79 Å². The van der Waals surface area contributed by atoms with Crippen molar-refractivity contribution in [2.75, 3.05) is 19.1 Å². The first-order valence-electron chi connectivity index (χ1n) is 6.43. The molecule has 0 atom stereocenters. The number of benzene rings is 1. The average molecular weight is 284 g/mol. The highest BCUT2D eigenvalue weighted by molar-refractivity contribution is 6.08. The van der Waals surface area contributed by atoms with E-state index in [1.165, 1.54) is 12.0 Å². The second-order valence-corrected chi connectivity index (χ2v) is 4.54. The lowest BCUT2D eigenvalue weighted by Gasteiger charge is -2.19. The molecule has 1 heterocycles. The number of pyridine rings is 1. The number of carbonyl (C=O) groups is 2. The van der Waals surface area contributed by atoms with Crippen molar-refractivity contribution in [3.63, 3.8) is 0 Å². The Morgan fingerprint density at radius 1 is 1.10 bits per heavy atom. The topological polar surface area (TPSA) is 59.5 Å². The summed E-state index contributed by atoms with van der Waals surface area (Å²) >= 11 is 0. The molecule has 1 aromatic heterocycles. The predicted molar refractivity (Wildman–Crippen MR) is 79.5 cm³/mol. The summed E-state index contributed by atoms with van der Waals surface area (Å²) in [5.41, 5.74) is 1.91. The number of esters is 1. The van der Waals surface area contributed by atoms with Crippen LogP contribution in [0.5, 0.6) is 0 Å². The highest BCUT2D eigenvalue weighted by Gasteiger charge is 2.20. The monoisotopic (exact) mass is 284 g/mol. The lowest BCUT2D eigenvalue weighted by molar-refractivity contribution is 0.0601. The highest BCUT2D eigenvalue weighted by atomic mass is 16.5. The highest BCUT2D eigenvalue weighted by Crippen LogP contribution is 2.21. The first-order valence-corrected chi connectivity index (χ1v) is 6.43. The van der Waals surface area contributed by atoms with E-state index in [0.717, 1.165) is 5.69 Å². The maximum absolute atomic E-state index is 12.5. The maximum atomic E-state index is 12.5. The molecule has 2 aromatic rings. The molecular formula is C16H16N2O3. The number of anilines is 1. The van der Waals surface area contributed by atoms with Crippen LogP contribution in [-0.2, 0) is 4.74 Å². The zero-order valence-electron chi connectivity index (χ0n) is 12.2. The Hall–Kier alpha value is -2.69. The summed E-state index contributed by atoms with van der Waals surface area (Å²) in [5.74, 6) is -0.766. The van der Waals surface area contributed by atoms with Gasteiger partial charge in [0.05, 0.1) is 18.4 Å². The van der Waals surface area contributed by atoms with Crippen molar-refractivity contribution in [1.82, 2.24) is 4.98 Å². The minimum absolute atomic E-state index is 0.282. The third kappa shape index (κ3) is 3.08. The molecule has 0 N–H and O–H groups in total. The number of hydrogen-bond acceptors (Lipinski definition) is 4. The Balaban J connectivity index is 2.38. The number of hydrogen-bond donors (Lipinski definition) is 0. The molecule has 0 unspecified atom stereocenters. The molecular weight excluding hydrogens is 268 g/mol. The number of rotatable bonds is 3. The van der Waals surface area contributed by atoms with Crippen molar-refractivity contribution in [3.8, 4) is 0 Å². The van der Waals surface area contributed by atoms with Gasteiger partial charge in [-0.15, -0.1) is 0 Å². The first kappa shape index (κ1) is 14.7. The number of ether oxygens (including phenoxy) is 1. The maximum Gasteiger partial charge on any atom is 0.339 e. The third-order valence-corrected chi connectivity index (χ3v) is 3.08. The summed E-state index contributed by atoms with van der Waals surface area (Å²) in [7, 11) is 2.91. The minimum atomic E-state index is -0.484. The molecule has 0 aliphatic carbocycles. The molecule has 0 radical (unpaired) electrons. The summed E-state index contributed by atoms with van der Waals surface area (Å²) in [4.78, 5) is 29.9. The van der Waals surface area contributed by atoms with E-state index in [1.807, 2.05) is 13.0 Å². The number of nitrogens with zero attached hydrogens (tertiary/aromatic N) is 2. The van der Waals surface area contributed by atoms with Crippen molar-refractivity contribution in [1.29, 1.82) is 0 Å². The van der Waals surface area contributed by atoms with E-state index in [9.17, 15) is 9.59 Å². The molecule has 0 spiro atoms. The fourth-order valence-corrected chi connectivity index (χ4v) is 1.99. The number of amides is 1. The largest absolute Gasteiger partial charge is 0.465 e. The molecule has 5 nitrogen and oxygen atoms in total. The third-order valence-electron chi connectivity index (χ3n) is 3.08. The van der Waals surface area contributed by atoms with Crippen molar-refractivity contribution >= 4 is 17.6 Å². The van der Waals surface area contributed by atoms with Crippen molar-refractivity contribution in [2.45, 2.75) is 6.92 Å². The summed E-state index contributed by atoms with van der Waals surface area (Å²) in [6, 6.07) is 12.0. The second kappa shape index (κ2) is 6.17. The van der Waals surface area contributed by atoms with Crippen LogP contribution >= 0.6 is 0 Å². The van der Waals surface area contributed by atoms with E-state index in [1.54, 1.807) is 43.4 Å². The van der Waals surface area contributed by atoms with Crippen LogP contribution in [0.1, 0.15) is 26.5 Å². The van der Waals surface area contributed by atoms with E-state index in [4.69, 9.17) is 4.74 Å². The van der Waals surface area contributed by atoms with Gasteiger partial charge in [-0.25, -0.2) is 9.78 Å². The summed E-state index contributed by atoms with van der Waals surface area (Å²) in [6.07, 6.45) is 0. The number of methoxy groups -OCH3 is 1. The molecule has 1 amide bonds. The lowest BCUT2D eigenvalue weighted by Crippen LogP contribution is -2.29. The van der Waals surface area contributed by atoms with E-state index in [-0.39, 0.29) is 5.91 Å². The normalized spacial score (nSPS) is 10.0. The first-order chi connectivity index (χ1) is 10.0. The van der Waals surface area contributed by atoms with E-state index in [2.05, 4.69) is 4.98 Å². The van der Waals surface area contributed by atoms with E-state index < -0.39 is 5.97 Å². The Morgan fingerprint density at radius 2 is 1.81 bits per heavy atom. The molecule has 0 aliphatic rings. The van der Waals surface area contributed by atoms with Gasteiger partial charge in [0.1, 0.15) is 5.69 Å². The smallest absolute Gasteiger partial charge is 0.339 e. The standard InChI is InChI=1S/C16H16N2O3/c1-11-7-6-9-13(17-11)15(19)18(2)14-10-5-4-8-12(14)16(20)21-3/h4-10H,1-3H3. The fourth-order valence-electron chi connectivity index (χ4n) is 1.99. The zero-order valence-corrected chi connectivity index (χ0v) is 12.2. The van der Waals surface area contributed by atoms with Crippen LogP contribution in [0.25, 0.3) is 0 Å². The number of carbonyl (C=O) groups excluding carboxylic acids is 2. The molecule has 0 aliphatic heterocycles. The van der Waals surface area contributed by atoms with Crippen molar-refractivity contribution < 1.29 is 14.3 Å². The second-order valence-electron chi connectivity index (χ2n) is 4.54. The fraction of sp³-hybridized carbons (Fsp3) is 0.188. The molecule has 1 aromatic carbocycles. The van der Waals surface area contributed by atoms with Crippen LogP contribution in [0, 0.1) is 6.92 Å². The molecule has 0 fully saturated rings. The minimum Gasteiger partial charge on any atom is -0.465 e. The summed E-state index contributed by atoms with van der Waals surface area (Å²) in [6.45, 7) is 1.82. The van der Waals surface area contributed by atoms with Crippen molar-refractivity contribution in [2.24, 2.45) is 0 Å². The lowest BCUT2D eigenvalue weighted by atomic mass is 10.1. The molecule has 0 saturated carbocycles. The van der Waals surface area contributed by atoms with Gasteiger partial charge in [-0.05, 0) is 31.2 Å². The SMILES string of the molecule is COC(=O)c1ccccc1N(C)C(=O)c1cccc(C)n1. The van der Waals surface area contributed by atoms with Crippen LogP contribution in [0.15, 0.2) is 42.5 Å². The van der Waals surface area contributed by atoms with Crippen molar-refractivity contribution in [3.05, 3.63) is 59.4 Å². The van der Waals surface area contributed by atoms with Crippen LogP contribution in [0.2, 0.25) is 0 Å². The van der Waals surface area contributed by atoms with Gasteiger partial charge in [-0.1, -0.05) is 18.2 Å². The zero-order chi connectivity index (χ0) is 15.4. The number of aromatic nitrogens is 1. The average Bonchev–Trinajstić information content (AvgIpc) is 2.52. The van der Waals surface area contributed by atoms with Crippen LogP contribution in [0.4, 0.5) is 5.69 Å². The van der Waals surface area contributed by atoms with Crippen LogP contribution in [-0.4, -0.2) is 31.0 Å². The summed E-state index contributed by atoms with van der Waals surface area (Å²) in [5, 5.41) is 0. The molecule has 0 bridgehead atoms. The Kier molecular flexibility index (Phi) is 4.33. The molecule has 21 heavy (non-hydrogen) atoms. The van der Waals surface area contributed by atoms with E-state index >= 15 is 0 Å². The van der Waals surface area contributed by atoms with E-state index in [0.29, 0.717) is 16.9 Å².